The van der Waals surface area contributed by atoms with Gasteiger partial charge in [0.05, 0.1) is 32.6 Å². The van der Waals surface area contributed by atoms with Crippen LogP contribution in [0.2, 0.25) is 0 Å². The Kier molecular flexibility index (Phi) is 5.41. The number of ether oxygens (including phenoxy) is 3. The monoisotopic (exact) mass is 395 g/mol. The molecule has 2 aromatic carbocycles. The number of hydrogen-bond donors (Lipinski definition) is 0. The van der Waals surface area contributed by atoms with Crippen molar-refractivity contribution in [1.29, 1.82) is 0 Å². The molecule has 0 aromatic heterocycles. The van der Waals surface area contributed by atoms with E-state index in [0.717, 1.165) is 4.90 Å². The molecule has 7 nitrogen and oxygen atoms in total. The van der Waals surface area contributed by atoms with Gasteiger partial charge in [0.25, 0.3) is 5.91 Å². The Bertz CT molecular complexity index is 1030. The summed E-state index contributed by atoms with van der Waals surface area (Å²) < 4.78 is 16.2. The minimum absolute atomic E-state index is 0.150. The van der Waals surface area contributed by atoms with Gasteiger partial charge in [-0.25, -0.2) is 4.90 Å². The number of methoxy groups -OCH3 is 3. The molecule has 2 aromatic rings. The first-order valence-electron chi connectivity index (χ1n) is 8.84. The number of nitrogens with zero attached hydrogens (tertiary/aromatic N) is 1. The Morgan fingerprint density at radius 2 is 1.48 bits per heavy atom. The minimum Gasteiger partial charge on any atom is -0.497 e. The van der Waals surface area contributed by atoms with Crippen LogP contribution in [0.4, 0.5) is 5.69 Å². The Morgan fingerprint density at radius 1 is 0.862 bits per heavy atom. The predicted molar refractivity (Wildman–Crippen MR) is 108 cm³/mol. The molecule has 1 aliphatic rings. The van der Waals surface area contributed by atoms with Crippen molar-refractivity contribution in [2.24, 2.45) is 0 Å². The summed E-state index contributed by atoms with van der Waals surface area (Å²) in [5.41, 5.74) is 2.02. The summed E-state index contributed by atoms with van der Waals surface area (Å²) in [7, 11) is 4.47. The maximum Gasteiger partial charge on any atom is 0.269 e. The SMILES string of the molecule is COC(=C1C(=O)N(C(C)=O)c2ccc(C(C)=O)cc21)c1cc(OC)cc(OC)c1. The van der Waals surface area contributed by atoms with Gasteiger partial charge in [0.2, 0.25) is 5.91 Å². The van der Waals surface area contributed by atoms with Crippen molar-refractivity contribution in [3.05, 3.63) is 53.1 Å². The molecule has 150 valence electrons. The average molecular weight is 395 g/mol. The predicted octanol–water partition coefficient (Wildman–Crippen LogP) is 3.31. The number of fused-ring (bicyclic) bond motifs is 1. The van der Waals surface area contributed by atoms with E-state index in [9.17, 15) is 14.4 Å². The van der Waals surface area contributed by atoms with E-state index >= 15 is 0 Å². The second-order valence-electron chi connectivity index (χ2n) is 6.46. The van der Waals surface area contributed by atoms with Gasteiger partial charge in [-0.1, -0.05) is 0 Å². The number of anilines is 1. The number of carbonyl (C=O) groups excluding carboxylic acids is 3. The standard InChI is InChI=1S/C22H21NO6/c1-12(24)14-6-7-19-18(10-14)20(22(26)23(19)13(2)25)21(29-5)15-8-16(27-3)11-17(9-15)28-4/h6-11H,1-5H3. The van der Waals surface area contributed by atoms with E-state index < -0.39 is 11.8 Å². The third kappa shape index (κ3) is 3.47. The van der Waals surface area contributed by atoms with E-state index in [0.29, 0.717) is 33.9 Å². The third-order valence-electron chi connectivity index (χ3n) is 4.69. The lowest BCUT2D eigenvalue weighted by atomic mass is 9.99. The first kappa shape index (κ1) is 20.1. The largest absolute Gasteiger partial charge is 0.497 e. The molecule has 0 N–H and O–H groups in total. The fraction of sp³-hybridized carbons (Fsp3) is 0.227. The highest BCUT2D eigenvalue weighted by Gasteiger charge is 2.38. The Hall–Kier alpha value is -3.61. The summed E-state index contributed by atoms with van der Waals surface area (Å²) in [6.07, 6.45) is 0. The average Bonchev–Trinajstić information content (AvgIpc) is 2.99. The lowest BCUT2D eigenvalue weighted by Gasteiger charge is -2.14. The fourth-order valence-electron chi connectivity index (χ4n) is 3.32. The van der Waals surface area contributed by atoms with Crippen LogP contribution in [-0.2, 0) is 14.3 Å². The minimum atomic E-state index is -0.521. The van der Waals surface area contributed by atoms with Crippen molar-refractivity contribution in [3.8, 4) is 11.5 Å². The van der Waals surface area contributed by atoms with E-state index in [1.165, 1.54) is 35.2 Å². The molecule has 0 unspecified atom stereocenters. The number of hydrogen-bond acceptors (Lipinski definition) is 6. The first-order chi connectivity index (χ1) is 13.8. The number of benzene rings is 2. The molecule has 0 atom stereocenters. The van der Waals surface area contributed by atoms with Crippen LogP contribution in [0.25, 0.3) is 11.3 Å². The maximum atomic E-state index is 13.2. The zero-order valence-corrected chi connectivity index (χ0v) is 16.9. The Balaban J connectivity index is 2.34. The van der Waals surface area contributed by atoms with Crippen molar-refractivity contribution in [2.75, 3.05) is 26.2 Å². The lowest BCUT2D eigenvalue weighted by molar-refractivity contribution is -0.122. The number of rotatable bonds is 5. The normalized spacial score (nSPS) is 14.4. The molecule has 2 amide bonds. The molecule has 7 heteroatoms. The summed E-state index contributed by atoms with van der Waals surface area (Å²) in [6.45, 7) is 2.75. The Morgan fingerprint density at radius 3 is 1.97 bits per heavy atom. The zero-order chi connectivity index (χ0) is 21.3. The van der Waals surface area contributed by atoms with Gasteiger partial charge in [-0.15, -0.1) is 0 Å². The molecule has 1 aliphatic heterocycles. The molecule has 0 aliphatic carbocycles. The molecule has 0 saturated carbocycles. The summed E-state index contributed by atoms with van der Waals surface area (Å²) in [5.74, 6) is 0.176. The van der Waals surface area contributed by atoms with Crippen LogP contribution >= 0.6 is 0 Å². The van der Waals surface area contributed by atoms with Crippen LogP contribution in [0, 0.1) is 0 Å². The van der Waals surface area contributed by atoms with Crippen molar-refractivity contribution < 1.29 is 28.6 Å². The van der Waals surface area contributed by atoms with Crippen molar-refractivity contribution in [2.45, 2.75) is 13.8 Å². The Labute approximate surface area is 168 Å². The molecule has 29 heavy (non-hydrogen) atoms. The molecular formula is C22H21NO6. The van der Waals surface area contributed by atoms with Crippen molar-refractivity contribution in [3.63, 3.8) is 0 Å². The molecule has 1 heterocycles. The van der Waals surface area contributed by atoms with Crippen LogP contribution in [0.5, 0.6) is 11.5 Å². The van der Waals surface area contributed by atoms with E-state index in [1.807, 2.05) is 0 Å². The van der Waals surface area contributed by atoms with Gasteiger partial charge in [-0.3, -0.25) is 14.4 Å². The number of Topliss-reactive ketones (excluding diaryl/α,β-unsaturated/α-hetero) is 1. The fourth-order valence-corrected chi connectivity index (χ4v) is 3.32. The second kappa shape index (κ2) is 7.79. The summed E-state index contributed by atoms with van der Waals surface area (Å²) >= 11 is 0. The van der Waals surface area contributed by atoms with Crippen LogP contribution in [0.15, 0.2) is 36.4 Å². The summed E-state index contributed by atoms with van der Waals surface area (Å²) in [4.78, 5) is 38.3. The van der Waals surface area contributed by atoms with E-state index in [4.69, 9.17) is 14.2 Å². The van der Waals surface area contributed by atoms with Gasteiger partial charge in [0, 0.05) is 29.7 Å². The molecule has 0 saturated heterocycles. The topological polar surface area (TPSA) is 82.1 Å². The summed E-state index contributed by atoms with van der Waals surface area (Å²) in [5, 5.41) is 0. The van der Waals surface area contributed by atoms with Crippen LogP contribution in [0.1, 0.15) is 35.3 Å². The zero-order valence-electron chi connectivity index (χ0n) is 16.9. The number of amides is 2. The van der Waals surface area contributed by atoms with Gasteiger partial charge in [0.1, 0.15) is 17.3 Å². The first-order valence-corrected chi connectivity index (χ1v) is 8.84. The van der Waals surface area contributed by atoms with Gasteiger partial charge in [-0.05, 0) is 37.3 Å². The van der Waals surface area contributed by atoms with Gasteiger partial charge >= 0.3 is 0 Å². The molecule has 3 rings (SSSR count). The van der Waals surface area contributed by atoms with E-state index in [2.05, 4.69) is 0 Å². The molecule has 0 spiro atoms. The van der Waals surface area contributed by atoms with Crippen LogP contribution in [-0.4, -0.2) is 38.9 Å². The van der Waals surface area contributed by atoms with E-state index in [1.54, 1.807) is 36.4 Å². The van der Waals surface area contributed by atoms with Gasteiger partial charge in [-0.2, -0.15) is 0 Å². The third-order valence-corrected chi connectivity index (χ3v) is 4.69. The lowest BCUT2D eigenvalue weighted by Crippen LogP contribution is -2.31. The number of imide groups is 1. The highest BCUT2D eigenvalue weighted by atomic mass is 16.5. The van der Waals surface area contributed by atoms with Crippen molar-refractivity contribution >= 4 is 34.6 Å². The second-order valence-corrected chi connectivity index (χ2v) is 6.46. The van der Waals surface area contributed by atoms with Crippen LogP contribution in [0.3, 0.4) is 0 Å². The molecular weight excluding hydrogens is 374 g/mol. The smallest absolute Gasteiger partial charge is 0.269 e. The summed E-state index contributed by atoms with van der Waals surface area (Å²) in [6, 6.07) is 9.89. The quantitative estimate of drug-likeness (QED) is 0.439. The van der Waals surface area contributed by atoms with Gasteiger partial charge < -0.3 is 14.2 Å². The number of ketones is 1. The van der Waals surface area contributed by atoms with Crippen LogP contribution < -0.4 is 14.4 Å². The molecule has 0 radical (unpaired) electrons. The molecule has 0 bridgehead atoms. The highest BCUT2D eigenvalue weighted by Crippen LogP contribution is 2.42. The van der Waals surface area contributed by atoms with Gasteiger partial charge in [0.15, 0.2) is 5.78 Å². The highest BCUT2D eigenvalue weighted by molar-refractivity contribution is 6.43. The maximum absolute atomic E-state index is 13.2. The van der Waals surface area contributed by atoms with E-state index in [-0.39, 0.29) is 17.1 Å². The number of carbonyl (C=O) groups is 3. The van der Waals surface area contributed by atoms with Crippen molar-refractivity contribution in [1.82, 2.24) is 0 Å². The molecule has 0 fully saturated rings.